The van der Waals surface area contributed by atoms with Crippen LogP contribution in [0.4, 0.5) is 0 Å². The lowest BCUT2D eigenvalue weighted by molar-refractivity contribution is -0.130. The number of nitrogens with one attached hydrogen (secondary N) is 1. The molecule has 1 N–H and O–H groups in total. The second-order valence-corrected chi connectivity index (χ2v) is 6.84. The van der Waals surface area contributed by atoms with Crippen LogP contribution in [0.5, 0.6) is 0 Å². The highest BCUT2D eigenvalue weighted by Crippen LogP contribution is 2.16. The van der Waals surface area contributed by atoms with Gasteiger partial charge in [0.1, 0.15) is 0 Å². The van der Waals surface area contributed by atoms with Crippen molar-refractivity contribution in [3.05, 3.63) is 0 Å². The van der Waals surface area contributed by atoms with E-state index in [1.807, 2.05) is 4.90 Å². The molecule has 1 amide bonds. The van der Waals surface area contributed by atoms with Gasteiger partial charge < -0.3 is 19.9 Å². The maximum atomic E-state index is 12.0. The van der Waals surface area contributed by atoms with E-state index in [2.05, 4.69) is 17.1 Å². The molecule has 0 saturated carbocycles. The van der Waals surface area contributed by atoms with E-state index < -0.39 is 0 Å². The molecule has 2 aliphatic heterocycles. The number of halogens is 1. The number of hydrogen-bond donors (Lipinski definition) is 1. The van der Waals surface area contributed by atoms with Crippen molar-refractivity contribution >= 4 is 35.8 Å². The molecule has 0 aromatic carbocycles. The monoisotopic (exact) mass is 466 g/mol. The van der Waals surface area contributed by atoms with Gasteiger partial charge in [-0.05, 0) is 32.6 Å². The van der Waals surface area contributed by atoms with Crippen LogP contribution in [-0.2, 0) is 9.53 Å². The number of aliphatic imine (C=N–C) groups is 1. The lowest BCUT2D eigenvalue weighted by Crippen LogP contribution is -2.40. The van der Waals surface area contributed by atoms with Crippen LogP contribution < -0.4 is 5.32 Å². The van der Waals surface area contributed by atoms with E-state index in [1.54, 1.807) is 7.11 Å². The Morgan fingerprint density at radius 3 is 2.92 bits per heavy atom. The second kappa shape index (κ2) is 12.7. The normalized spacial score (nSPS) is 21.9. The molecule has 2 heterocycles. The fourth-order valence-corrected chi connectivity index (χ4v) is 3.54. The fourth-order valence-electron chi connectivity index (χ4n) is 3.54. The predicted octanol–water partition coefficient (Wildman–Crippen LogP) is 2.33. The maximum absolute atomic E-state index is 12.0. The molecule has 0 bridgehead atoms. The summed E-state index contributed by atoms with van der Waals surface area (Å²) in [6.45, 7) is 8.42. The first-order valence-electron chi connectivity index (χ1n) is 9.54. The zero-order chi connectivity index (χ0) is 17.2. The second-order valence-electron chi connectivity index (χ2n) is 6.84. The number of hydrogen-bond acceptors (Lipinski definition) is 3. The molecule has 2 fully saturated rings. The van der Waals surface area contributed by atoms with Crippen LogP contribution in [0.25, 0.3) is 0 Å². The van der Waals surface area contributed by atoms with Gasteiger partial charge in [-0.25, -0.2) is 0 Å². The molecule has 0 spiro atoms. The Balaban J connectivity index is 0.00000312. The van der Waals surface area contributed by atoms with Crippen molar-refractivity contribution in [2.24, 2.45) is 10.9 Å². The van der Waals surface area contributed by atoms with E-state index in [4.69, 9.17) is 9.73 Å². The molecule has 25 heavy (non-hydrogen) atoms. The van der Waals surface area contributed by atoms with Crippen molar-refractivity contribution in [1.29, 1.82) is 0 Å². The van der Waals surface area contributed by atoms with Crippen molar-refractivity contribution in [2.45, 2.75) is 45.4 Å². The van der Waals surface area contributed by atoms with E-state index in [0.29, 0.717) is 11.8 Å². The van der Waals surface area contributed by atoms with Crippen LogP contribution in [0, 0.1) is 5.92 Å². The summed E-state index contributed by atoms with van der Waals surface area (Å²) >= 11 is 0. The van der Waals surface area contributed by atoms with E-state index in [0.717, 1.165) is 77.5 Å². The Labute approximate surface area is 169 Å². The predicted molar refractivity (Wildman–Crippen MR) is 113 cm³/mol. The quantitative estimate of drug-likeness (QED) is 0.271. The molecule has 2 rings (SSSR count). The van der Waals surface area contributed by atoms with Gasteiger partial charge >= 0.3 is 0 Å². The number of nitrogens with zero attached hydrogens (tertiary/aromatic N) is 3. The summed E-state index contributed by atoms with van der Waals surface area (Å²) in [6, 6.07) is 0. The largest absolute Gasteiger partial charge is 0.384 e. The third kappa shape index (κ3) is 7.68. The average molecular weight is 466 g/mol. The Morgan fingerprint density at radius 1 is 1.32 bits per heavy atom. The van der Waals surface area contributed by atoms with Gasteiger partial charge in [-0.2, -0.15) is 0 Å². The van der Waals surface area contributed by atoms with Gasteiger partial charge in [-0.3, -0.25) is 9.79 Å². The van der Waals surface area contributed by atoms with Crippen LogP contribution in [0.1, 0.15) is 45.4 Å². The molecule has 0 aromatic rings. The zero-order valence-corrected chi connectivity index (χ0v) is 18.2. The third-order valence-electron chi connectivity index (χ3n) is 4.84. The molecule has 1 unspecified atom stereocenters. The Morgan fingerprint density at radius 2 is 2.16 bits per heavy atom. The molecule has 0 radical (unpaired) electrons. The van der Waals surface area contributed by atoms with Crippen LogP contribution >= 0.6 is 24.0 Å². The molecular formula is C18H35IN4O2. The molecule has 6 nitrogen and oxygen atoms in total. The van der Waals surface area contributed by atoms with Gasteiger partial charge in [0.25, 0.3) is 0 Å². The van der Waals surface area contributed by atoms with Gasteiger partial charge in [-0.15, -0.1) is 24.0 Å². The topological polar surface area (TPSA) is 57.2 Å². The number of carbonyl (C=O) groups excluding carboxylic acids is 1. The van der Waals surface area contributed by atoms with Crippen LogP contribution in [0.2, 0.25) is 0 Å². The average Bonchev–Trinajstić information content (AvgIpc) is 2.94. The van der Waals surface area contributed by atoms with Gasteiger partial charge in [0.05, 0.1) is 6.61 Å². The van der Waals surface area contributed by atoms with E-state index in [9.17, 15) is 4.79 Å². The first-order chi connectivity index (χ1) is 11.7. The molecule has 146 valence electrons. The number of ether oxygens (including phenoxy) is 1. The van der Waals surface area contributed by atoms with Crippen molar-refractivity contribution in [2.75, 3.05) is 53.0 Å². The van der Waals surface area contributed by atoms with Crippen LogP contribution in [-0.4, -0.2) is 74.7 Å². The Kier molecular flexibility index (Phi) is 11.4. The van der Waals surface area contributed by atoms with Crippen molar-refractivity contribution in [3.63, 3.8) is 0 Å². The number of amides is 1. The Bertz CT molecular complexity index is 420. The van der Waals surface area contributed by atoms with Gasteiger partial charge in [0, 0.05) is 58.7 Å². The van der Waals surface area contributed by atoms with E-state index >= 15 is 0 Å². The number of methoxy groups -OCH3 is 1. The maximum Gasteiger partial charge on any atom is 0.222 e. The van der Waals surface area contributed by atoms with Gasteiger partial charge in [0.2, 0.25) is 5.91 Å². The summed E-state index contributed by atoms with van der Waals surface area (Å²) in [5.74, 6) is 1.94. The summed E-state index contributed by atoms with van der Waals surface area (Å²) in [4.78, 5) is 21.2. The smallest absolute Gasteiger partial charge is 0.222 e. The van der Waals surface area contributed by atoms with Crippen LogP contribution in [0.3, 0.4) is 0 Å². The highest BCUT2D eigenvalue weighted by molar-refractivity contribution is 14.0. The third-order valence-corrected chi connectivity index (χ3v) is 4.84. The molecule has 7 heteroatoms. The molecule has 2 aliphatic rings. The van der Waals surface area contributed by atoms with Crippen molar-refractivity contribution in [3.8, 4) is 0 Å². The highest BCUT2D eigenvalue weighted by Gasteiger charge is 2.24. The minimum absolute atomic E-state index is 0. The lowest BCUT2D eigenvalue weighted by Gasteiger charge is -2.22. The minimum atomic E-state index is 0. The summed E-state index contributed by atoms with van der Waals surface area (Å²) in [5.41, 5.74) is 0. The molecular weight excluding hydrogens is 431 g/mol. The summed E-state index contributed by atoms with van der Waals surface area (Å²) in [7, 11) is 1.77. The van der Waals surface area contributed by atoms with Gasteiger partial charge in [-0.1, -0.05) is 6.42 Å². The van der Waals surface area contributed by atoms with Crippen molar-refractivity contribution < 1.29 is 9.53 Å². The first-order valence-corrected chi connectivity index (χ1v) is 9.54. The SMILES string of the molecule is CCNC(=NCCCN1CCCCCC1=O)N1CCC(COC)C1.I. The molecule has 1 atom stereocenters. The first kappa shape index (κ1) is 22.5. The zero-order valence-electron chi connectivity index (χ0n) is 15.8. The van der Waals surface area contributed by atoms with Crippen LogP contribution in [0.15, 0.2) is 4.99 Å². The highest BCUT2D eigenvalue weighted by atomic mass is 127. The summed E-state index contributed by atoms with van der Waals surface area (Å²) < 4.78 is 5.28. The summed E-state index contributed by atoms with van der Waals surface area (Å²) in [5, 5.41) is 3.40. The molecule has 0 aliphatic carbocycles. The number of rotatable bonds is 7. The number of carbonyl (C=O) groups is 1. The summed E-state index contributed by atoms with van der Waals surface area (Å²) in [6.07, 6.45) is 6.21. The standard InChI is InChI=1S/C18H34N4O2.HI/c1-3-19-18(22-13-9-16(14-22)15-24-2)20-10-7-12-21-11-6-4-5-8-17(21)23;/h16H,3-15H2,1-2H3,(H,19,20);1H. The minimum Gasteiger partial charge on any atom is -0.384 e. The van der Waals surface area contributed by atoms with Gasteiger partial charge in [0.15, 0.2) is 5.96 Å². The van der Waals surface area contributed by atoms with Crippen molar-refractivity contribution in [1.82, 2.24) is 15.1 Å². The molecule has 2 saturated heterocycles. The van der Waals surface area contributed by atoms with E-state index in [1.165, 1.54) is 12.8 Å². The number of guanidine groups is 1. The molecule has 0 aromatic heterocycles. The fraction of sp³-hybridized carbons (Fsp3) is 0.889. The van der Waals surface area contributed by atoms with E-state index in [-0.39, 0.29) is 24.0 Å². The Hall–Kier alpha value is -0.570. The number of likely N-dealkylation sites (tertiary alicyclic amines) is 2. The lowest BCUT2D eigenvalue weighted by atomic mass is 10.1.